The number of benzene rings is 3. The Hall–Kier alpha value is -5.53. The summed E-state index contributed by atoms with van der Waals surface area (Å²) in [5.41, 5.74) is 6.60. The van der Waals surface area contributed by atoms with Gasteiger partial charge in [-0.3, -0.25) is 14.4 Å². The molecule has 0 saturated heterocycles. The molecule has 0 spiro atoms. The molecular formula is C31H24ClF2N7O4. The van der Waals surface area contributed by atoms with Crippen LogP contribution in [-0.2, 0) is 20.9 Å². The van der Waals surface area contributed by atoms with E-state index in [9.17, 15) is 18.8 Å². The normalized spacial score (nSPS) is 14.0. The lowest BCUT2D eigenvalue weighted by molar-refractivity contribution is -0.143. The summed E-state index contributed by atoms with van der Waals surface area (Å²) >= 11 is 0. The van der Waals surface area contributed by atoms with E-state index in [-0.39, 0.29) is 59.4 Å². The largest absolute Gasteiger partial charge is 0.460 e. The molecule has 14 heteroatoms. The SMILES string of the molecule is Cl.NCC(=O)OCc1ccc(-c2nn3cccnc3c2C(=O)N[C@H]2N=C(c3ccccc3)c3cccc(F)c3NC2=O)c(F)c1. The number of esters is 1. The zero-order chi connectivity index (χ0) is 30.8. The molecule has 0 fully saturated rings. The fourth-order valence-corrected chi connectivity index (χ4v) is 4.77. The standard InChI is InChI=1S/C31H23F2N7O4.ClH/c32-21-9-4-8-20-25(18-6-2-1-3-7-18)36-28(31(43)37-26(20)21)38-30(42)24-27(39-40-13-5-12-35-29(24)40)19-11-10-17(14-22(19)33)16-44-23(41)15-34;/h1-14,28H,15-16,34H2,(H,37,43)(H,38,42);1H/t28-;/m1./s1. The number of nitrogens with one attached hydrogen (secondary N) is 2. The van der Waals surface area contributed by atoms with Crippen molar-refractivity contribution in [3.8, 4) is 11.3 Å². The number of nitrogens with zero attached hydrogens (tertiary/aromatic N) is 4. The molecule has 0 radical (unpaired) electrons. The summed E-state index contributed by atoms with van der Waals surface area (Å²) in [6, 6.07) is 18.8. The van der Waals surface area contributed by atoms with Crippen LogP contribution >= 0.6 is 12.4 Å². The van der Waals surface area contributed by atoms with Gasteiger partial charge in [-0.2, -0.15) is 5.10 Å². The Morgan fingerprint density at radius 1 is 1.00 bits per heavy atom. The van der Waals surface area contributed by atoms with Crippen molar-refractivity contribution in [1.29, 1.82) is 0 Å². The van der Waals surface area contributed by atoms with Gasteiger partial charge in [0.15, 0.2) is 5.65 Å². The third-order valence-corrected chi connectivity index (χ3v) is 6.82. The van der Waals surface area contributed by atoms with E-state index in [4.69, 9.17) is 10.5 Å². The monoisotopic (exact) mass is 631 g/mol. The van der Waals surface area contributed by atoms with Crippen molar-refractivity contribution in [2.45, 2.75) is 12.8 Å². The van der Waals surface area contributed by atoms with Crippen LogP contribution in [0, 0.1) is 11.6 Å². The molecule has 3 heterocycles. The van der Waals surface area contributed by atoms with Crippen LogP contribution in [0.5, 0.6) is 0 Å². The molecule has 45 heavy (non-hydrogen) atoms. The molecule has 3 aromatic carbocycles. The van der Waals surface area contributed by atoms with Gasteiger partial charge in [0.05, 0.1) is 17.9 Å². The number of aliphatic imine (C=N–C) groups is 1. The number of benzodiazepines with no additional fused rings is 1. The van der Waals surface area contributed by atoms with Crippen LogP contribution in [0.1, 0.15) is 27.0 Å². The van der Waals surface area contributed by atoms with Gasteiger partial charge in [0.1, 0.15) is 29.5 Å². The summed E-state index contributed by atoms with van der Waals surface area (Å²) in [7, 11) is 0. The maximum absolute atomic E-state index is 15.4. The van der Waals surface area contributed by atoms with Crippen molar-refractivity contribution in [2.75, 3.05) is 11.9 Å². The fraction of sp³-hybridized carbons (Fsp3) is 0.0968. The number of amides is 2. The van der Waals surface area contributed by atoms with Crippen LogP contribution in [0.2, 0.25) is 0 Å². The molecule has 0 saturated carbocycles. The second kappa shape index (κ2) is 13.0. The average molecular weight is 632 g/mol. The number of hydrogen-bond donors (Lipinski definition) is 3. The smallest absolute Gasteiger partial charge is 0.320 e. The average Bonchev–Trinajstić information content (AvgIpc) is 3.36. The number of para-hydroxylation sites is 1. The van der Waals surface area contributed by atoms with Crippen LogP contribution in [-0.4, -0.2) is 50.8 Å². The summed E-state index contributed by atoms with van der Waals surface area (Å²) in [5, 5.41) is 9.51. The van der Waals surface area contributed by atoms with Gasteiger partial charge >= 0.3 is 5.97 Å². The van der Waals surface area contributed by atoms with Crippen LogP contribution in [0.15, 0.2) is 90.2 Å². The molecule has 0 bridgehead atoms. The highest BCUT2D eigenvalue weighted by Gasteiger charge is 2.32. The Balaban J connectivity index is 0.00000400. The van der Waals surface area contributed by atoms with Gasteiger partial charge in [-0.25, -0.2) is 23.3 Å². The third-order valence-electron chi connectivity index (χ3n) is 6.82. The molecule has 11 nitrogen and oxygen atoms in total. The van der Waals surface area contributed by atoms with E-state index in [2.05, 4.69) is 25.7 Å². The molecule has 228 valence electrons. The lowest BCUT2D eigenvalue weighted by Crippen LogP contribution is -2.42. The minimum absolute atomic E-state index is 0. The fourth-order valence-electron chi connectivity index (χ4n) is 4.77. The van der Waals surface area contributed by atoms with Crippen molar-refractivity contribution >= 4 is 47.2 Å². The Morgan fingerprint density at radius 2 is 1.80 bits per heavy atom. The predicted octanol–water partition coefficient (Wildman–Crippen LogP) is 3.64. The van der Waals surface area contributed by atoms with Gasteiger partial charge in [0.25, 0.3) is 11.8 Å². The highest BCUT2D eigenvalue weighted by Crippen LogP contribution is 2.30. The van der Waals surface area contributed by atoms with E-state index in [1.165, 1.54) is 41.2 Å². The summed E-state index contributed by atoms with van der Waals surface area (Å²) in [4.78, 5) is 47.4. The third kappa shape index (κ3) is 6.12. The molecule has 1 aliphatic rings. The zero-order valence-corrected chi connectivity index (χ0v) is 24.1. The Morgan fingerprint density at radius 3 is 2.56 bits per heavy atom. The van der Waals surface area contributed by atoms with Crippen LogP contribution in [0.3, 0.4) is 0 Å². The molecule has 2 amide bonds. The van der Waals surface area contributed by atoms with E-state index in [0.717, 1.165) is 6.07 Å². The second-order valence-corrected chi connectivity index (χ2v) is 9.66. The minimum Gasteiger partial charge on any atom is -0.460 e. The number of hydrogen-bond acceptors (Lipinski definition) is 8. The van der Waals surface area contributed by atoms with Crippen molar-refractivity contribution in [2.24, 2.45) is 10.7 Å². The molecule has 1 aliphatic heterocycles. The lowest BCUT2D eigenvalue weighted by Gasteiger charge is -2.14. The molecule has 0 unspecified atom stereocenters. The van der Waals surface area contributed by atoms with Crippen LogP contribution < -0.4 is 16.4 Å². The van der Waals surface area contributed by atoms with E-state index >= 15 is 4.39 Å². The van der Waals surface area contributed by atoms with E-state index in [1.54, 1.807) is 42.5 Å². The maximum atomic E-state index is 15.4. The highest BCUT2D eigenvalue weighted by atomic mass is 35.5. The molecule has 0 aliphatic carbocycles. The molecule has 4 N–H and O–H groups in total. The van der Waals surface area contributed by atoms with Crippen LogP contribution in [0.4, 0.5) is 14.5 Å². The first kappa shape index (κ1) is 30.9. The number of anilines is 1. The van der Waals surface area contributed by atoms with Gasteiger partial charge in [0, 0.05) is 29.1 Å². The van der Waals surface area contributed by atoms with Gasteiger partial charge in [-0.1, -0.05) is 48.5 Å². The number of aromatic nitrogens is 3. The first-order valence-electron chi connectivity index (χ1n) is 13.4. The minimum atomic E-state index is -1.50. The lowest BCUT2D eigenvalue weighted by atomic mass is 10.0. The van der Waals surface area contributed by atoms with Crippen LogP contribution in [0.25, 0.3) is 16.9 Å². The number of carbonyl (C=O) groups is 3. The van der Waals surface area contributed by atoms with Gasteiger partial charge in [-0.15, -0.1) is 12.4 Å². The quantitative estimate of drug-likeness (QED) is 0.232. The first-order valence-corrected chi connectivity index (χ1v) is 13.4. The first-order chi connectivity index (χ1) is 21.3. The number of carbonyl (C=O) groups excluding carboxylic acids is 3. The summed E-state index contributed by atoms with van der Waals surface area (Å²) in [5.74, 6) is -3.67. The summed E-state index contributed by atoms with van der Waals surface area (Å²) < 4.78 is 36.6. The van der Waals surface area contributed by atoms with Gasteiger partial charge in [-0.05, 0) is 29.8 Å². The number of fused-ring (bicyclic) bond motifs is 2. The summed E-state index contributed by atoms with van der Waals surface area (Å²) in [6.07, 6.45) is 1.47. The number of halogens is 3. The van der Waals surface area contributed by atoms with Gasteiger partial charge < -0.3 is 21.1 Å². The molecular weight excluding hydrogens is 608 g/mol. The van der Waals surface area contributed by atoms with Crippen molar-refractivity contribution in [3.63, 3.8) is 0 Å². The van der Waals surface area contributed by atoms with Crippen molar-refractivity contribution < 1.29 is 27.9 Å². The predicted molar refractivity (Wildman–Crippen MR) is 163 cm³/mol. The van der Waals surface area contributed by atoms with Crippen molar-refractivity contribution in [1.82, 2.24) is 19.9 Å². The number of nitrogens with two attached hydrogens (primary N) is 1. The molecule has 2 aromatic heterocycles. The molecule has 5 aromatic rings. The Bertz CT molecular complexity index is 1970. The van der Waals surface area contributed by atoms with E-state index in [0.29, 0.717) is 16.7 Å². The van der Waals surface area contributed by atoms with Crippen molar-refractivity contribution in [3.05, 3.63) is 119 Å². The number of rotatable bonds is 7. The summed E-state index contributed by atoms with van der Waals surface area (Å²) in [6.45, 7) is -0.515. The Kier molecular flexibility index (Phi) is 8.93. The van der Waals surface area contributed by atoms with Gasteiger partial charge in [0.2, 0.25) is 6.17 Å². The Labute approximate surface area is 260 Å². The number of ether oxygens (including phenoxy) is 1. The molecule has 6 rings (SSSR count). The topological polar surface area (TPSA) is 153 Å². The maximum Gasteiger partial charge on any atom is 0.320 e. The van der Waals surface area contributed by atoms with E-state index < -0.39 is 35.6 Å². The highest BCUT2D eigenvalue weighted by molar-refractivity contribution is 6.20. The second-order valence-electron chi connectivity index (χ2n) is 9.66. The molecule has 1 atom stereocenters. The van der Waals surface area contributed by atoms with E-state index in [1.807, 2.05) is 0 Å². The zero-order valence-electron chi connectivity index (χ0n) is 23.2.